The van der Waals surface area contributed by atoms with Crippen LogP contribution in [0, 0.1) is 0 Å². The first kappa shape index (κ1) is 16.3. The monoisotopic (exact) mass is 331 g/mol. The van der Waals surface area contributed by atoms with E-state index in [1.54, 1.807) is 0 Å². The summed E-state index contributed by atoms with van der Waals surface area (Å²) in [4.78, 5) is 12.0. The van der Waals surface area contributed by atoms with E-state index >= 15 is 0 Å². The molecule has 0 bridgehead atoms. The van der Waals surface area contributed by atoms with E-state index in [1.807, 2.05) is 6.92 Å². The molecule has 0 radical (unpaired) electrons. The second kappa shape index (κ2) is 6.77. The third-order valence-corrected chi connectivity index (χ3v) is 5.29. The first-order valence-electron chi connectivity index (χ1n) is 6.78. The molecule has 1 aromatic carbocycles. The first-order chi connectivity index (χ1) is 9.88. The number of nitrogens with one attached hydrogen (secondary N) is 1. The molecule has 1 aliphatic heterocycles. The van der Waals surface area contributed by atoms with Gasteiger partial charge in [0.05, 0.1) is 17.0 Å². The number of benzene rings is 1. The van der Waals surface area contributed by atoms with Crippen molar-refractivity contribution in [2.45, 2.75) is 36.8 Å². The molecule has 1 heterocycles. The lowest BCUT2D eigenvalue weighted by molar-refractivity contribution is -0.120. The predicted octanol–water partition coefficient (Wildman–Crippen LogP) is 1.80. The Labute approximate surface area is 129 Å². The topological polar surface area (TPSA) is 72.5 Å². The Morgan fingerprint density at radius 2 is 2.10 bits per heavy atom. The van der Waals surface area contributed by atoms with Gasteiger partial charge in [0.15, 0.2) is 9.84 Å². The Bertz CT molecular complexity index is 594. The van der Waals surface area contributed by atoms with Crippen LogP contribution in [0.25, 0.3) is 0 Å². The number of ether oxygens (including phenoxy) is 1. The average Bonchev–Trinajstić information content (AvgIpc) is 2.92. The zero-order valence-corrected chi connectivity index (χ0v) is 13.3. The van der Waals surface area contributed by atoms with Crippen molar-refractivity contribution in [1.29, 1.82) is 0 Å². The highest BCUT2D eigenvalue weighted by Crippen LogP contribution is 2.17. The zero-order valence-electron chi connectivity index (χ0n) is 11.7. The third-order valence-electron chi connectivity index (χ3n) is 3.41. The molecule has 1 N–H and O–H groups in total. The van der Waals surface area contributed by atoms with E-state index in [-0.39, 0.29) is 17.0 Å². The van der Waals surface area contributed by atoms with E-state index in [4.69, 9.17) is 16.3 Å². The minimum atomic E-state index is -3.66. The number of hydrogen-bond acceptors (Lipinski definition) is 4. The molecule has 1 saturated heterocycles. The average molecular weight is 332 g/mol. The molecule has 1 fully saturated rings. The summed E-state index contributed by atoms with van der Waals surface area (Å²) >= 11 is 5.72. The molecular formula is C14H18ClNO4S. The van der Waals surface area contributed by atoms with Crippen LogP contribution in [0.3, 0.4) is 0 Å². The second-order valence-corrected chi connectivity index (χ2v) is 7.55. The molecule has 0 saturated carbocycles. The molecular weight excluding hydrogens is 314 g/mol. The van der Waals surface area contributed by atoms with E-state index in [2.05, 4.69) is 5.32 Å². The molecule has 21 heavy (non-hydrogen) atoms. The summed E-state index contributed by atoms with van der Waals surface area (Å²) in [6.45, 7) is 2.51. The lowest BCUT2D eigenvalue weighted by Crippen LogP contribution is -2.43. The first-order valence-corrected chi connectivity index (χ1v) is 8.81. The van der Waals surface area contributed by atoms with Gasteiger partial charge in [-0.2, -0.15) is 0 Å². The summed E-state index contributed by atoms with van der Waals surface area (Å²) in [5.74, 6) is -1.10. The van der Waals surface area contributed by atoms with Gasteiger partial charge < -0.3 is 10.1 Å². The third kappa shape index (κ3) is 4.43. The van der Waals surface area contributed by atoms with Gasteiger partial charge in [0, 0.05) is 11.6 Å². The van der Waals surface area contributed by atoms with Crippen LogP contribution in [0.2, 0.25) is 5.02 Å². The van der Waals surface area contributed by atoms with E-state index in [1.165, 1.54) is 24.3 Å². The molecule has 1 aliphatic rings. The van der Waals surface area contributed by atoms with Gasteiger partial charge in [-0.15, -0.1) is 0 Å². The highest BCUT2D eigenvalue weighted by molar-refractivity contribution is 7.92. The number of carbonyl (C=O) groups is 1. The summed E-state index contributed by atoms with van der Waals surface area (Å²) in [5, 5.41) is 3.14. The van der Waals surface area contributed by atoms with E-state index < -0.39 is 21.5 Å². The molecule has 116 valence electrons. The Morgan fingerprint density at radius 1 is 1.43 bits per heavy atom. The van der Waals surface area contributed by atoms with Crippen molar-refractivity contribution in [1.82, 2.24) is 5.32 Å². The molecule has 5 nitrogen and oxygen atoms in total. The highest BCUT2D eigenvalue weighted by atomic mass is 35.5. The van der Waals surface area contributed by atoms with Crippen LogP contribution in [-0.4, -0.2) is 38.8 Å². The van der Waals surface area contributed by atoms with Crippen LogP contribution in [0.1, 0.15) is 19.8 Å². The SMILES string of the molecule is C[C@H](NC(=O)CS(=O)(=O)c1ccc(Cl)cc1)[C@H]1CCCO1. The maximum atomic E-state index is 12.1. The number of halogens is 1. The summed E-state index contributed by atoms with van der Waals surface area (Å²) < 4.78 is 29.7. The van der Waals surface area contributed by atoms with Gasteiger partial charge in [0.25, 0.3) is 0 Å². The van der Waals surface area contributed by atoms with Crippen molar-refractivity contribution in [3.8, 4) is 0 Å². The van der Waals surface area contributed by atoms with Crippen LogP contribution in [0.15, 0.2) is 29.2 Å². The standard InChI is InChI=1S/C14H18ClNO4S/c1-10(13-3-2-8-20-13)16-14(17)9-21(18,19)12-6-4-11(15)5-7-12/h4-7,10,13H,2-3,8-9H2,1H3,(H,16,17)/t10-,13+/m0/s1. The largest absolute Gasteiger partial charge is 0.376 e. The summed E-state index contributed by atoms with van der Waals surface area (Å²) in [6, 6.07) is 5.58. The van der Waals surface area contributed by atoms with Gasteiger partial charge in [0.2, 0.25) is 5.91 Å². The van der Waals surface area contributed by atoms with E-state index in [0.29, 0.717) is 11.6 Å². The molecule has 7 heteroatoms. The summed E-state index contributed by atoms with van der Waals surface area (Å²) in [5.41, 5.74) is 0. The van der Waals surface area contributed by atoms with Crippen molar-refractivity contribution < 1.29 is 17.9 Å². The molecule has 2 atom stereocenters. The highest BCUT2D eigenvalue weighted by Gasteiger charge is 2.26. The van der Waals surface area contributed by atoms with Crippen LogP contribution < -0.4 is 5.32 Å². The minimum Gasteiger partial charge on any atom is -0.376 e. The number of hydrogen-bond donors (Lipinski definition) is 1. The maximum Gasteiger partial charge on any atom is 0.235 e. The molecule has 1 aromatic rings. The summed E-state index contributed by atoms with van der Waals surface area (Å²) in [7, 11) is -3.66. The molecule has 0 unspecified atom stereocenters. The normalized spacial score (nSPS) is 20.2. The minimum absolute atomic E-state index is 0.0350. The van der Waals surface area contributed by atoms with Crippen LogP contribution in [0.4, 0.5) is 0 Å². The molecule has 0 aromatic heterocycles. The Morgan fingerprint density at radius 3 is 2.67 bits per heavy atom. The Kier molecular flexibility index (Phi) is 5.24. The molecule has 1 amide bonds. The van der Waals surface area contributed by atoms with Crippen molar-refractivity contribution in [2.24, 2.45) is 0 Å². The van der Waals surface area contributed by atoms with Crippen molar-refractivity contribution in [3.05, 3.63) is 29.3 Å². The van der Waals surface area contributed by atoms with Gasteiger partial charge in [0.1, 0.15) is 5.75 Å². The molecule has 0 aliphatic carbocycles. The van der Waals surface area contributed by atoms with Crippen LogP contribution >= 0.6 is 11.6 Å². The van der Waals surface area contributed by atoms with E-state index in [0.717, 1.165) is 12.8 Å². The molecule has 2 rings (SSSR count). The Balaban J connectivity index is 1.96. The summed E-state index contributed by atoms with van der Waals surface area (Å²) in [6.07, 6.45) is 1.81. The predicted molar refractivity (Wildman–Crippen MR) is 80.1 cm³/mol. The fraction of sp³-hybridized carbons (Fsp3) is 0.500. The second-order valence-electron chi connectivity index (χ2n) is 5.12. The fourth-order valence-electron chi connectivity index (χ4n) is 2.28. The number of amides is 1. The lowest BCUT2D eigenvalue weighted by Gasteiger charge is -2.19. The fourth-order valence-corrected chi connectivity index (χ4v) is 3.56. The molecule has 0 spiro atoms. The number of carbonyl (C=O) groups excluding carboxylic acids is 1. The maximum absolute atomic E-state index is 12.1. The Hall–Kier alpha value is -1.11. The zero-order chi connectivity index (χ0) is 15.5. The van der Waals surface area contributed by atoms with Gasteiger partial charge in [-0.25, -0.2) is 8.42 Å². The smallest absolute Gasteiger partial charge is 0.235 e. The van der Waals surface area contributed by atoms with Crippen molar-refractivity contribution in [3.63, 3.8) is 0 Å². The van der Waals surface area contributed by atoms with Gasteiger partial charge in [-0.3, -0.25) is 4.79 Å². The van der Waals surface area contributed by atoms with Gasteiger partial charge >= 0.3 is 0 Å². The quantitative estimate of drug-likeness (QED) is 0.893. The number of rotatable bonds is 5. The number of sulfone groups is 1. The van der Waals surface area contributed by atoms with Crippen LogP contribution in [-0.2, 0) is 19.4 Å². The van der Waals surface area contributed by atoms with Gasteiger partial charge in [-0.1, -0.05) is 11.6 Å². The van der Waals surface area contributed by atoms with Crippen molar-refractivity contribution >= 4 is 27.3 Å². The van der Waals surface area contributed by atoms with Gasteiger partial charge in [-0.05, 0) is 44.0 Å². The lowest BCUT2D eigenvalue weighted by atomic mass is 10.1. The van der Waals surface area contributed by atoms with Crippen molar-refractivity contribution in [2.75, 3.05) is 12.4 Å². The van der Waals surface area contributed by atoms with Crippen LogP contribution in [0.5, 0.6) is 0 Å². The van der Waals surface area contributed by atoms with E-state index in [9.17, 15) is 13.2 Å².